The summed E-state index contributed by atoms with van der Waals surface area (Å²) in [7, 11) is 8.66. The highest BCUT2D eigenvalue weighted by Gasteiger charge is 2.14. The maximum atomic E-state index is 5.54. The summed E-state index contributed by atoms with van der Waals surface area (Å²) in [4.78, 5) is 14.3. The first-order chi connectivity index (χ1) is 15.6. The van der Waals surface area contributed by atoms with Crippen molar-refractivity contribution in [2.75, 3.05) is 42.0 Å². The lowest BCUT2D eigenvalue weighted by Gasteiger charge is -2.22. The molecule has 3 rings (SSSR count). The molecule has 0 spiro atoms. The summed E-state index contributed by atoms with van der Waals surface area (Å²) in [5.74, 6) is 3.80. The number of ether oxygens (including phenoxy) is 3. The maximum absolute atomic E-state index is 5.54. The standard InChI is InChI=1S/C24H31N5O3/c1-25-24(26-12-11-19-21(31-4)13-18(30-3)14-22(19)32-5)29(2)16-23-27-15-20(28-23)17-9-7-6-8-10-17/h6-10,13-15H,11-12,16H2,1-5H3,(H,25,26)(H,27,28). The molecule has 8 heteroatoms. The highest BCUT2D eigenvalue weighted by molar-refractivity contribution is 5.79. The van der Waals surface area contributed by atoms with E-state index in [4.69, 9.17) is 14.2 Å². The fourth-order valence-corrected chi connectivity index (χ4v) is 3.52. The second-order valence-electron chi connectivity index (χ2n) is 7.20. The van der Waals surface area contributed by atoms with Gasteiger partial charge in [-0.05, 0) is 12.0 Å². The van der Waals surface area contributed by atoms with Gasteiger partial charge < -0.3 is 29.4 Å². The zero-order valence-electron chi connectivity index (χ0n) is 19.3. The number of guanidine groups is 1. The fraction of sp³-hybridized carbons (Fsp3) is 0.333. The number of hydrogen-bond donors (Lipinski definition) is 2. The van der Waals surface area contributed by atoms with Crippen LogP contribution in [0.4, 0.5) is 0 Å². The summed E-state index contributed by atoms with van der Waals surface area (Å²) in [5.41, 5.74) is 3.08. The number of hydrogen-bond acceptors (Lipinski definition) is 5. The third-order valence-corrected chi connectivity index (χ3v) is 5.15. The Bertz CT molecular complexity index is 1010. The molecule has 0 aliphatic heterocycles. The molecular formula is C24H31N5O3. The highest BCUT2D eigenvalue weighted by Crippen LogP contribution is 2.34. The molecule has 0 saturated heterocycles. The Morgan fingerprint density at radius 2 is 1.75 bits per heavy atom. The molecule has 2 N–H and O–H groups in total. The fourth-order valence-electron chi connectivity index (χ4n) is 3.52. The van der Waals surface area contributed by atoms with E-state index in [9.17, 15) is 0 Å². The molecular weight excluding hydrogens is 406 g/mol. The van der Waals surface area contributed by atoms with Gasteiger partial charge in [0.25, 0.3) is 0 Å². The Morgan fingerprint density at radius 1 is 1.06 bits per heavy atom. The second-order valence-corrected chi connectivity index (χ2v) is 7.20. The van der Waals surface area contributed by atoms with Gasteiger partial charge in [0.05, 0.1) is 39.8 Å². The number of H-pyrrole nitrogens is 1. The van der Waals surface area contributed by atoms with Crippen LogP contribution < -0.4 is 19.5 Å². The van der Waals surface area contributed by atoms with Crippen molar-refractivity contribution in [2.45, 2.75) is 13.0 Å². The molecule has 32 heavy (non-hydrogen) atoms. The predicted molar refractivity (Wildman–Crippen MR) is 127 cm³/mol. The number of aromatic nitrogens is 2. The minimum absolute atomic E-state index is 0.599. The summed E-state index contributed by atoms with van der Waals surface area (Å²) in [6.07, 6.45) is 2.55. The Kier molecular flexibility index (Phi) is 7.96. The number of aromatic amines is 1. The average molecular weight is 438 g/mol. The monoisotopic (exact) mass is 437 g/mol. The van der Waals surface area contributed by atoms with Gasteiger partial charge in [0, 0.05) is 38.3 Å². The van der Waals surface area contributed by atoms with Crippen LogP contribution in [-0.2, 0) is 13.0 Å². The van der Waals surface area contributed by atoms with Gasteiger partial charge in [-0.2, -0.15) is 0 Å². The summed E-state index contributed by atoms with van der Waals surface area (Å²) in [6.45, 7) is 1.26. The zero-order valence-corrected chi connectivity index (χ0v) is 19.3. The molecule has 0 aliphatic rings. The number of nitrogens with one attached hydrogen (secondary N) is 2. The first kappa shape index (κ1) is 23.0. The van der Waals surface area contributed by atoms with Crippen LogP contribution in [0.1, 0.15) is 11.4 Å². The van der Waals surface area contributed by atoms with Crippen molar-refractivity contribution in [3.63, 3.8) is 0 Å². The van der Waals surface area contributed by atoms with Gasteiger partial charge in [0.15, 0.2) is 5.96 Å². The van der Waals surface area contributed by atoms with E-state index in [-0.39, 0.29) is 0 Å². The predicted octanol–water partition coefficient (Wildman–Crippen LogP) is 3.35. The highest BCUT2D eigenvalue weighted by atomic mass is 16.5. The van der Waals surface area contributed by atoms with Gasteiger partial charge in [-0.3, -0.25) is 4.99 Å². The maximum Gasteiger partial charge on any atom is 0.193 e. The molecule has 2 aromatic carbocycles. The Balaban J connectivity index is 1.61. The van der Waals surface area contributed by atoms with E-state index in [2.05, 4.69) is 32.4 Å². The summed E-state index contributed by atoms with van der Waals surface area (Å²) < 4.78 is 16.4. The first-order valence-electron chi connectivity index (χ1n) is 10.4. The third kappa shape index (κ3) is 5.51. The first-order valence-corrected chi connectivity index (χ1v) is 10.4. The van der Waals surface area contributed by atoms with Crippen LogP contribution in [0.25, 0.3) is 11.3 Å². The molecule has 0 fully saturated rings. The molecule has 0 amide bonds. The Labute approximate surface area is 189 Å². The van der Waals surface area contributed by atoms with Crippen molar-refractivity contribution in [2.24, 2.45) is 4.99 Å². The van der Waals surface area contributed by atoms with Crippen LogP contribution in [0.2, 0.25) is 0 Å². The number of aliphatic imine (C=N–C) groups is 1. The summed E-state index contributed by atoms with van der Waals surface area (Å²) in [6, 6.07) is 13.9. The van der Waals surface area contributed by atoms with Gasteiger partial charge >= 0.3 is 0 Å². The van der Waals surface area contributed by atoms with E-state index in [1.807, 2.05) is 48.5 Å². The lowest BCUT2D eigenvalue weighted by molar-refractivity contribution is 0.368. The van der Waals surface area contributed by atoms with E-state index in [1.165, 1.54) is 0 Å². The number of methoxy groups -OCH3 is 3. The molecule has 1 aromatic heterocycles. The van der Waals surface area contributed by atoms with Crippen molar-refractivity contribution in [1.82, 2.24) is 20.2 Å². The van der Waals surface area contributed by atoms with E-state index >= 15 is 0 Å². The van der Waals surface area contributed by atoms with Crippen LogP contribution in [0.5, 0.6) is 17.2 Å². The Hall–Kier alpha value is -3.68. The van der Waals surface area contributed by atoms with Gasteiger partial charge in [0.2, 0.25) is 0 Å². The second kappa shape index (κ2) is 11.1. The zero-order chi connectivity index (χ0) is 22.9. The SMILES string of the molecule is CN=C(NCCc1c(OC)cc(OC)cc1OC)N(C)Cc1ncc(-c2ccccc2)[nH]1. The van der Waals surface area contributed by atoms with Gasteiger partial charge in [-0.25, -0.2) is 4.98 Å². The molecule has 1 heterocycles. The summed E-state index contributed by atoms with van der Waals surface area (Å²) in [5, 5.41) is 3.40. The average Bonchev–Trinajstić information content (AvgIpc) is 3.30. The van der Waals surface area contributed by atoms with E-state index in [0.29, 0.717) is 25.3 Å². The van der Waals surface area contributed by atoms with Crippen molar-refractivity contribution in [1.29, 1.82) is 0 Å². The summed E-state index contributed by atoms with van der Waals surface area (Å²) >= 11 is 0. The van der Waals surface area contributed by atoms with Gasteiger partial charge in [-0.1, -0.05) is 30.3 Å². The molecule has 0 atom stereocenters. The smallest absolute Gasteiger partial charge is 0.193 e. The van der Waals surface area contributed by atoms with Crippen LogP contribution in [0.3, 0.4) is 0 Å². The molecule has 0 bridgehead atoms. The Morgan fingerprint density at radius 3 is 2.34 bits per heavy atom. The number of rotatable bonds is 9. The van der Waals surface area contributed by atoms with Crippen LogP contribution in [-0.4, -0.2) is 62.8 Å². The number of nitrogens with zero attached hydrogens (tertiary/aromatic N) is 3. The third-order valence-electron chi connectivity index (χ3n) is 5.15. The number of benzene rings is 2. The van der Waals surface area contributed by atoms with Crippen LogP contribution >= 0.6 is 0 Å². The normalized spacial score (nSPS) is 11.2. The molecule has 0 saturated carbocycles. The number of imidazole rings is 1. The van der Waals surface area contributed by atoms with Gasteiger partial charge in [0.1, 0.15) is 23.1 Å². The lowest BCUT2D eigenvalue weighted by atomic mass is 10.1. The van der Waals surface area contributed by atoms with Crippen molar-refractivity contribution in [3.05, 3.63) is 60.0 Å². The van der Waals surface area contributed by atoms with E-state index in [1.54, 1.807) is 28.4 Å². The lowest BCUT2D eigenvalue weighted by Crippen LogP contribution is -2.39. The quantitative estimate of drug-likeness (QED) is 0.395. The van der Waals surface area contributed by atoms with Gasteiger partial charge in [-0.15, -0.1) is 0 Å². The molecule has 3 aromatic rings. The molecule has 0 radical (unpaired) electrons. The van der Waals surface area contributed by atoms with Crippen molar-refractivity contribution < 1.29 is 14.2 Å². The molecule has 0 aliphatic carbocycles. The van der Waals surface area contributed by atoms with Crippen molar-refractivity contribution >= 4 is 5.96 Å². The minimum Gasteiger partial charge on any atom is -0.496 e. The largest absolute Gasteiger partial charge is 0.496 e. The van der Waals surface area contributed by atoms with Crippen LogP contribution in [0, 0.1) is 0 Å². The van der Waals surface area contributed by atoms with Crippen LogP contribution in [0.15, 0.2) is 53.7 Å². The minimum atomic E-state index is 0.599. The molecule has 170 valence electrons. The molecule has 8 nitrogen and oxygen atoms in total. The topological polar surface area (TPSA) is 84.0 Å². The van der Waals surface area contributed by atoms with Crippen molar-refractivity contribution in [3.8, 4) is 28.5 Å². The molecule has 0 unspecified atom stereocenters. The van der Waals surface area contributed by atoms with E-state index < -0.39 is 0 Å². The van der Waals surface area contributed by atoms with E-state index in [0.717, 1.165) is 40.1 Å².